The summed E-state index contributed by atoms with van der Waals surface area (Å²) in [6, 6.07) is 2.11. The summed E-state index contributed by atoms with van der Waals surface area (Å²) < 4.78 is 0. The van der Waals surface area contributed by atoms with Gasteiger partial charge in [0.25, 0.3) is 0 Å². The van der Waals surface area contributed by atoms with Crippen LogP contribution in [0.15, 0.2) is 12.3 Å². The van der Waals surface area contributed by atoms with Crippen LogP contribution in [-0.4, -0.2) is 29.1 Å². The van der Waals surface area contributed by atoms with Crippen molar-refractivity contribution in [2.45, 2.75) is 12.5 Å². The van der Waals surface area contributed by atoms with Gasteiger partial charge >= 0.3 is 0 Å². The molecule has 1 aliphatic heterocycles. The van der Waals surface area contributed by atoms with Crippen LogP contribution in [0.1, 0.15) is 6.42 Å². The van der Waals surface area contributed by atoms with E-state index in [4.69, 9.17) is 17.3 Å². The van der Waals surface area contributed by atoms with E-state index < -0.39 is 0 Å². The van der Waals surface area contributed by atoms with Crippen molar-refractivity contribution in [3.05, 3.63) is 17.5 Å². The maximum absolute atomic E-state index is 5.78. The van der Waals surface area contributed by atoms with Crippen LogP contribution in [0.25, 0.3) is 0 Å². The van der Waals surface area contributed by atoms with E-state index in [0.29, 0.717) is 0 Å². The molecule has 0 aliphatic carbocycles. The van der Waals surface area contributed by atoms with Crippen molar-refractivity contribution in [3.63, 3.8) is 0 Å². The monoisotopic (exact) mass is 234 g/mol. The smallest absolute Gasteiger partial charge is 0.224 e. The second-order valence-electron chi connectivity index (χ2n) is 3.18. The Hall–Kier alpha value is -0.580. The summed E-state index contributed by atoms with van der Waals surface area (Å²) in [4.78, 5) is 10.1. The number of hydrogen-bond donors (Lipinski definition) is 1. The van der Waals surface area contributed by atoms with Crippen molar-refractivity contribution in [1.82, 2.24) is 9.97 Å². The molecule has 78 valence electrons. The predicted molar refractivity (Wildman–Crippen MR) is 59.1 cm³/mol. The summed E-state index contributed by atoms with van der Waals surface area (Å²) in [5.74, 6) is 0.868. The molecule has 6 heteroatoms. The summed E-state index contributed by atoms with van der Waals surface area (Å²) in [5, 5.41) is 0.290. The van der Waals surface area contributed by atoms with Gasteiger partial charge in [0.15, 0.2) is 0 Å². The van der Waals surface area contributed by atoms with E-state index in [0.717, 1.165) is 25.3 Å². The molecule has 1 saturated heterocycles. The number of nitrogens with zero attached hydrogens (tertiary/aromatic N) is 3. The van der Waals surface area contributed by atoms with Gasteiger partial charge < -0.3 is 10.6 Å². The highest BCUT2D eigenvalue weighted by molar-refractivity contribution is 6.28. The third-order valence-corrected chi connectivity index (χ3v) is 2.34. The van der Waals surface area contributed by atoms with Crippen LogP contribution in [0.2, 0.25) is 5.28 Å². The van der Waals surface area contributed by atoms with Gasteiger partial charge in [0.05, 0.1) is 0 Å². The van der Waals surface area contributed by atoms with Crippen LogP contribution >= 0.6 is 24.0 Å². The van der Waals surface area contributed by atoms with Gasteiger partial charge in [-0.2, -0.15) is 0 Å². The topological polar surface area (TPSA) is 55.0 Å². The second kappa shape index (κ2) is 4.77. The van der Waals surface area contributed by atoms with Crippen LogP contribution in [0.4, 0.5) is 5.82 Å². The van der Waals surface area contributed by atoms with E-state index >= 15 is 0 Å². The standard InChI is InChI=1S/C8H11ClN4.ClH/c9-8-11-3-1-7(12-8)13-4-2-6(10)5-13;/h1,3,6H,2,4-5,10H2;1H/t6-;/m1./s1. The molecular weight excluding hydrogens is 223 g/mol. The third kappa shape index (κ3) is 2.47. The molecule has 1 aliphatic rings. The van der Waals surface area contributed by atoms with Crippen molar-refractivity contribution in [3.8, 4) is 0 Å². The SMILES string of the molecule is Cl.N[C@@H]1CCN(c2ccnc(Cl)n2)C1. The van der Waals surface area contributed by atoms with Gasteiger partial charge in [-0.25, -0.2) is 9.97 Å². The molecule has 1 aromatic rings. The number of anilines is 1. The number of aromatic nitrogens is 2. The zero-order chi connectivity index (χ0) is 9.26. The van der Waals surface area contributed by atoms with E-state index in [1.54, 1.807) is 6.20 Å². The normalized spacial score (nSPS) is 20.7. The quantitative estimate of drug-likeness (QED) is 0.740. The van der Waals surface area contributed by atoms with Gasteiger partial charge in [0.2, 0.25) is 5.28 Å². The summed E-state index contributed by atoms with van der Waals surface area (Å²) in [7, 11) is 0. The highest BCUT2D eigenvalue weighted by Crippen LogP contribution is 2.17. The van der Waals surface area contributed by atoms with Crippen molar-refractivity contribution >= 4 is 29.8 Å². The molecule has 2 N–H and O–H groups in total. The van der Waals surface area contributed by atoms with Gasteiger partial charge in [0.1, 0.15) is 5.82 Å². The van der Waals surface area contributed by atoms with Gasteiger partial charge in [-0.05, 0) is 24.1 Å². The number of hydrogen-bond acceptors (Lipinski definition) is 4. The Bertz CT molecular complexity index is 307. The van der Waals surface area contributed by atoms with Crippen LogP contribution in [0.3, 0.4) is 0 Å². The predicted octanol–water partition coefficient (Wildman–Crippen LogP) is 1.09. The van der Waals surface area contributed by atoms with E-state index in [1.165, 1.54) is 0 Å². The maximum atomic E-state index is 5.78. The first kappa shape index (κ1) is 11.5. The molecule has 2 heterocycles. The average Bonchev–Trinajstić information content (AvgIpc) is 2.52. The first-order valence-corrected chi connectivity index (χ1v) is 4.62. The molecule has 0 spiro atoms. The van der Waals surface area contributed by atoms with E-state index in [2.05, 4.69) is 14.9 Å². The Labute approximate surface area is 93.9 Å². The zero-order valence-electron chi connectivity index (χ0n) is 7.56. The first-order chi connectivity index (χ1) is 6.25. The highest BCUT2D eigenvalue weighted by atomic mass is 35.5. The molecule has 0 unspecified atom stereocenters. The molecule has 4 nitrogen and oxygen atoms in total. The third-order valence-electron chi connectivity index (χ3n) is 2.16. The fraction of sp³-hybridized carbons (Fsp3) is 0.500. The number of nitrogens with two attached hydrogens (primary N) is 1. The summed E-state index contributed by atoms with van der Waals surface area (Å²) >= 11 is 5.68. The fourth-order valence-corrected chi connectivity index (χ4v) is 1.64. The maximum Gasteiger partial charge on any atom is 0.224 e. The van der Waals surface area contributed by atoms with Crippen molar-refractivity contribution in [2.24, 2.45) is 5.73 Å². The van der Waals surface area contributed by atoms with Crippen molar-refractivity contribution in [1.29, 1.82) is 0 Å². The lowest BCUT2D eigenvalue weighted by Gasteiger charge is -2.15. The lowest BCUT2D eigenvalue weighted by atomic mass is 10.3. The molecule has 0 saturated carbocycles. The lowest BCUT2D eigenvalue weighted by molar-refractivity contribution is 0.751. The molecule has 0 bridgehead atoms. The van der Waals surface area contributed by atoms with Gasteiger partial charge in [-0.15, -0.1) is 12.4 Å². The molecule has 0 radical (unpaired) electrons. The lowest BCUT2D eigenvalue weighted by Crippen LogP contribution is -2.26. The minimum absolute atomic E-state index is 0. The van der Waals surface area contributed by atoms with E-state index in [1.807, 2.05) is 6.07 Å². The Morgan fingerprint density at radius 3 is 2.93 bits per heavy atom. The van der Waals surface area contributed by atoms with Crippen LogP contribution in [0.5, 0.6) is 0 Å². The van der Waals surface area contributed by atoms with Crippen LogP contribution in [-0.2, 0) is 0 Å². The van der Waals surface area contributed by atoms with E-state index in [-0.39, 0.29) is 23.7 Å². The zero-order valence-corrected chi connectivity index (χ0v) is 9.13. The first-order valence-electron chi connectivity index (χ1n) is 4.25. The number of halogens is 2. The second-order valence-corrected chi connectivity index (χ2v) is 3.52. The number of rotatable bonds is 1. The van der Waals surface area contributed by atoms with E-state index in [9.17, 15) is 0 Å². The minimum atomic E-state index is 0. The van der Waals surface area contributed by atoms with Crippen molar-refractivity contribution < 1.29 is 0 Å². The van der Waals surface area contributed by atoms with Gasteiger partial charge in [-0.1, -0.05) is 0 Å². The molecule has 1 aromatic heterocycles. The average molecular weight is 235 g/mol. The van der Waals surface area contributed by atoms with Gasteiger partial charge in [0, 0.05) is 25.3 Å². The Kier molecular flexibility index (Phi) is 3.92. The summed E-state index contributed by atoms with van der Waals surface area (Å²) in [5.41, 5.74) is 5.78. The molecule has 0 aromatic carbocycles. The fourth-order valence-electron chi connectivity index (χ4n) is 1.50. The summed E-state index contributed by atoms with van der Waals surface area (Å²) in [6.07, 6.45) is 2.68. The van der Waals surface area contributed by atoms with Crippen LogP contribution < -0.4 is 10.6 Å². The molecule has 2 rings (SSSR count). The minimum Gasteiger partial charge on any atom is -0.355 e. The molecule has 1 fully saturated rings. The van der Waals surface area contributed by atoms with Gasteiger partial charge in [-0.3, -0.25) is 0 Å². The Balaban J connectivity index is 0.000000980. The molecule has 14 heavy (non-hydrogen) atoms. The van der Waals surface area contributed by atoms with Crippen LogP contribution in [0, 0.1) is 0 Å². The molecule has 0 amide bonds. The molecule has 1 atom stereocenters. The molecular formula is C8H12Cl2N4. The largest absolute Gasteiger partial charge is 0.355 e. The Morgan fingerprint density at radius 2 is 2.36 bits per heavy atom. The highest BCUT2D eigenvalue weighted by Gasteiger charge is 2.20. The van der Waals surface area contributed by atoms with Crippen molar-refractivity contribution in [2.75, 3.05) is 18.0 Å². The summed E-state index contributed by atoms with van der Waals surface area (Å²) in [6.45, 7) is 1.81. The Morgan fingerprint density at radius 1 is 1.57 bits per heavy atom.